The summed E-state index contributed by atoms with van der Waals surface area (Å²) in [6.07, 6.45) is 3.18. The Labute approximate surface area is 158 Å². The van der Waals surface area contributed by atoms with E-state index in [0.717, 1.165) is 18.6 Å². The van der Waals surface area contributed by atoms with E-state index in [1.165, 1.54) is 7.11 Å². The summed E-state index contributed by atoms with van der Waals surface area (Å²) in [4.78, 5) is 22.3. The van der Waals surface area contributed by atoms with Crippen LogP contribution in [0.15, 0.2) is 36.5 Å². The number of aromatic nitrogens is 2. The number of hydrogen-bond donors (Lipinski definition) is 0. The third-order valence-electron chi connectivity index (χ3n) is 4.23. The predicted octanol–water partition coefficient (Wildman–Crippen LogP) is 1.94. The molecule has 2 aromatic rings. The highest BCUT2D eigenvalue weighted by atomic mass is 16.5. The molecule has 8 nitrogen and oxygen atoms in total. The Hall–Kier alpha value is -3.03. The summed E-state index contributed by atoms with van der Waals surface area (Å²) in [6.45, 7) is 1.18. The number of ether oxygens (including phenoxy) is 4. The van der Waals surface area contributed by atoms with Gasteiger partial charge in [0.05, 0.1) is 20.8 Å². The Bertz CT molecular complexity index is 753. The molecule has 1 amide bonds. The molecule has 1 aromatic carbocycles. The summed E-state index contributed by atoms with van der Waals surface area (Å²) in [6, 6.07) is 9.06. The molecule has 1 aromatic heterocycles. The number of methoxy groups -OCH3 is 2. The summed E-state index contributed by atoms with van der Waals surface area (Å²) in [5.41, 5.74) is 0. The maximum absolute atomic E-state index is 12.5. The minimum absolute atomic E-state index is 0.0135. The van der Waals surface area contributed by atoms with Crippen LogP contribution in [0.3, 0.4) is 0 Å². The number of carbonyl (C=O) groups is 1. The summed E-state index contributed by atoms with van der Waals surface area (Å²) < 4.78 is 21.6. The highest BCUT2D eigenvalue weighted by molar-refractivity contribution is 5.77. The van der Waals surface area contributed by atoms with Crippen LogP contribution in [-0.2, 0) is 4.79 Å². The molecule has 1 saturated heterocycles. The molecule has 0 saturated carbocycles. The quantitative estimate of drug-likeness (QED) is 0.733. The first-order chi connectivity index (χ1) is 13.2. The summed E-state index contributed by atoms with van der Waals surface area (Å²) in [7, 11) is 3.11. The molecule has 0 N–H and O–H groups in total. The van der Waals surface area contributed by atoms with Crippen LogP contribution < -0.4 is 18.9 Å². The van der Waals surface area contributed by atoms with Crippen LogP contribution in [0, 0.1) is 0 Å². The average molecular weight is 373 g/mol. The molecular weight excluding hydrogens is 350 g/mol. The first-order valence-electron chi connectivity index (χ1n) is 8.76. The van der Waals surface area contributed by atoms with E-state index in [1.807, 2.05) is 0 Å². The van der Waals surface area contributed by atoms with E-state index in [-0.39, 0.29) is 24.6 Å². The van der Waals surface area contributed by atoms with Crippen molar-refractivity contribution in [2.75, 3.05) is 33.9 Å². The van der Waals surface area contributed by atoms with Gasteiger partial charge in [0.1, 0.15) is 17.6 Å². The van der Waals surface area contributed by atoms with Gasteiger partial charge >= 0.3 is 6.01 Å². The van der Waals surface area contributed by atoms with Gasteiger partial charge in [-0.25, -0.2) is 4.98 Å². The zero-order valence-electron chi connectivity index (χ0n) is 15.5. The Balaban J connectivity index is 1.51. The highest BCUT2D eigenvalue weighted by Gasteiger charge is 2.25. The topological polar surface area (TPSA) is 83.0 Å². The minimum atomic E-state index is -0.122. The van der Waals surface area contributed by atoms with Crippen molar-refractivity contribution in [3.63, 3.8) is 0 Å². The first-order valence-corrected chi connectivity index (χ1v) is 8.76. The summed E-state index contributed by atoms with van der Waals surface area (Å²) in [5.74, 6) is 1.74. The zero-order chi connectivity index (χ0) is 19.1. The molecule has 2 heterocycles. The molecule has 1 aliphatic rings. The monoisotopic (exact) mass is 373 g/mol. The molecule has 3 rings (SSSR count). The second-order valence-electron chi connectivity index (χ2n) is 6.07. The molecule has 1 unspecified atom stereocenters. The van der Waals surface area contributed by atoms with Gasteiger partial charge < -0.3 is 23.8 Å². The van der Waals surface area contributed by atoms with Gasteiger partial charge in [0, 0.05) is 18.8 Å². The molecule has 144 valence electrons. The lowest BCUT2D eigenvalue weighted by molar-refractivity contribution is -0.136. The third-order valence-corrected chi connectivity index (χ3v) is 4.23. The normalized spacial score (nSPS) is 16.5. The fraction of sp³-hybridized carbons (Fsp3) is 0.421. The first kappa shape index (κ1) is 18.8. The Morgan fingerprint density at radius 3 is 2.67 bits per heavy atom. The van der Waals surface area contributed by atoms with Crippen molar-refractivity contribution < 1.29 is 23.7 Å². The van der Waals surface area contributed by atoms with Gasteiger partial charge in [-0.3, -0.25) is 4.79 Å². The van der Waals surface area contributed by atoms with Gasteiger partial charge in [0.15, 0.2) is 6.61 Å². The second kappa shape index (κ2) is 9.07. The molecule has 27 heavy (non-hydrogen) atoms. The zero-order valence-corrected chi connectivity index (χ0v) is 15.5. The van der Waals surface area contributed by atoms with E-state index in [2.05, 4.69) is 9.97 Å². The number of amides is 1. The van der Waals surface area contributed by atoms with Crippen molar-refractivity contribution in [1.29, 1.82) is 0 Å². The number of carbonyl (C=O) groups excluding carboxylic acids is 1. The minimum Gasteiger partial charge on any atom is -0.497 e. The van der Waals surface area contributed by atoms with Crippen molar-refractivity contribution in [3.05, 3.63) is 36.5 Å². The summed E-state index contributed by atoms with van der Waals surface area (Å²) in [5, 5.41) is 0. The lowest BCUT2D eigenvalue weighted by Gasteiger charge is -2.32. The number of rotatable bonds is 7. The Morgan fingerprint density at radius 1 is 1.15 bits per heavy atom. The van der Waals surface area contributed by atoms with Crippen molar-refractivity contribution in [2.45, 2.75) is 18.9 Å². The maximum atomic E-state index is 12.5. The molecule has 1 aliphatic heterocycles. The fourth-order valence-electron chi connectivity index (χ4n) is 2.83. The van der Waals surface area contributed by atoms with Gasteiger partial charge in [-0.05, 0) is 37.1 Å². The van der Waals surface area contributed by atoms with E-state index >= 15 is 0 Å². The molecule has 8 heteroatoms. The van der Waals surface area contributed by atoms with Gasteiger partial charge in [0.25, 0.3) is 5.91 Å². The van der Waals surface area contributed by atoms with Gasteiger partial charge in [0.2, 0.25) is 5.88 Å². The summed E-state index contributed by atoms with van der Waals surface area (Å²) >= 11 is 0. The van der Waals surface area contributed by atoms with Crippen LogP contribution in [0.4, 0.5) is 0 Å². The van der Waals surface area contributed by atoms with Gasteiger partial charge in [-0.1, -0.05) is 0 Å². The van der Waals surface area contributed by atoms with E-state index in [9.17, 15) is 4.79 Å². The third kappa shape index (κ3) is 5.22. The lowest BCUT2D eigenvalue weighted by atomic mass is 10.1. The predicted molar refractivity (Wildman–Crippen MR) is 97.3 cm³/mol. The number of hydrogen-bond acceptors (Lipinski definition) is 7. The smallest absolute Gasteiger partial charge is 0.319 e. The van der Waals surface area contributed by atoms with Crippen molar-refractivity contribution in [2.24, 2.45) is 0 Å². The Morgan fingerprint density at radius 2 is 1.93 bits per heavy atom. The molecule has 0 aliphatic carbocycles. The van der Waals surface area contributed by atoms with Crippen LogP contribution in [0.2, 0.25) is 0 Å². The molecule has 1 atom stereocenters. The molecule has 0 radical (unpaired) electrons. The van der Waals surface area contributed by atoms with E-state index < -0.39 is 0 Å². The average Bonchev–Trinajstić information content (AvgIpc) is 2.72. The van der Waals surface area contributed by atoms with Crippen LogP contribution in [-0.4, -0.2) is 60.8 Å². The Kier molecular flexibility index (Phi) is 6.30. The molecular formula is C19H23N3O5. The van der Waals surface area contributed by atoms with Crippen LogP contribution in [0.5, 0.6) is 23.4 Å². The molecule has 1 fully saturated rings. The number of piperidine rings is 1. The highest BCUT2D eigenvalue weighted by Crippen LogP contribution is 2.19. The number of nitrogens with zero attached hydrogens (tertiary/aromatic N) is 3. The molecule has 0 bridgehead atoms. The van der Waals surface area contributed by atoms with Crippen LogP contribution in [0.25, 0.3) is 0 Å². The maximum Gasteiger partial charge on any atom is 0.319 e. The van der Waals surface area contributed by atoms with Crippen LogP contribution >= 0.6 is 0 Å². The number of likely N-dealkylation sites (tertiary alicyclic amines) is 1. The number of benzene rings is 1. The van der Waals surface area contributed by atoms with Crippen molar-refractivity contribution >= 4 is 5.91 Å². The second-order valence-corrected chi connectivity index (χ2v) is 6.07. The van der Waals surface area contributed by atoms with E-state index in [1.54, 1.807) is 48.5 Å². The van der Waals surface area contributed by atoms with Gasteiger partial charge in [-0.15, -0.1) is 0 Å². The van der Waals surface area contributed by atoms with Crippen molar-refractivity contribution in [3.8, 4) is 23.4 Å². The standard InChI is InChI=1S/C19H23N3O5/c1-24-14-5-7-15(8-6-14)26-13-18(23)22-11-3-4-16(12-22)27-17-9-10-20-19(21-17)25-2/h5-10,16H,3-4,11-13H2,1-2H3. The molecule has 0 spiro atoms. The van der Waals surface area contributed by atoms with Gasteiger partial charge in [-0.2, -0.15) is 4.98 Å². The lowest BCUT2D eigenvalue weighted by Crippen LogP contribution is -2.46. The van der Waals surface area contributed by atoms with Crippen LogP contribution in [0.1, 0.15) is 12.8 Å². The van der Waals surface area contributed by atoms with Crippen molar-refractivity contribution in [1.82, 2.24) is 14.9 Å². The fourth-order valence-corrected chi connectivity index (χ4v) is 2.83. The van der Waals surface area contributed by atoms with E-state index in [0.29, 0.717) is 24.7 Å². The van der Waals surface area contributed by atoms with E-state index in [4.69, 9.17) is 18.9 Å². The largest absolute Gasteiger partial charge is 0.497 e. The SMILES string of the molecule is COc1ccc(OCC(=O)N2CCCC(Oc3ccnc(OC)n3)C2)cc1.